The van der Waals surface area contributed by atoms with Gasteiger partial charge in [-0.05, 0) is 71.6 Å². The molecule has 0 radical (unpaired) electrons. The Labute approximate surface area is 265 Å². The number of nitrogens with zero attached hydrogens (tertiary/aromatic N) is 8. The van der Waals surface area contributed by atoms with Crippen molar-refractivity contribution >= 4 is 22.9 Å². The minimum Gasteiger partial charge on any atom is -0.444 e. The summed E-state index contributed by atoms with van der Waals surface area (Å²) in [7, 11) is 0. The van der Waals surface area contributed by atoms with Gasteiger partial charge in [-0.25, -0.2) is 33.5 Å². The fourth-order valence-corrected chi connectivity index (χ4v) is 6.21. The first kappa shape index (κ1) is 29.8. The fraction of sp³-hybridized carbons (Fsp3) is 0.441. The molecule has 3 aliphatic rings. The van der Waals surface area contributed by atoms with Crippen LogP contribution in [0.5, 0.6) is 0 Å². The number of pyridine rings is 1. The molecule has 1 aromatic carbocycles. The van der Waals surface area contributed by atoms with Gasteiger partial charge < -0.3 is 14.5 Å². The summed E-state index contributed by atoms with van der Waals surface area (Å²) in [5.41, 5.74) is 1.69. The largest absolute Gasteiger partial charge is 0.444 e. The number of benzene rings is 1. The molecule has 1 atom stereocenters. The van der Waals surface area contributed by atoms with Gasteiger partial charge in [0.2, 0.25) is 0 Å². The topological polar surface area (TPSA) is 130 Å². The van der Waals surface area contributed by atoms with Gasteiger partial charge in [0.15, 0.2) is 5.65 Å². The van der Waals surface area contributed by atoms with E-state index in [1.54, 1.807) is 35.5 Å². The van der Waals surface area contributed by atoms with Crippen LogP contribution >= 0.6 is 0 Å². The number of aromatic nitrogens is 5. The van der Waals surface area contributed by atoms with Crippen LogP contribution in [0.3, 0.4) is 0 Å². The van der Waals surface area contributed by atoms with E-state index in [2.05, 4.69) is 21.0 Å². The molecule has 1 amide bonds. The second kappa shape index (κ2) is 11.2. The van der Waals surface area contributed by atoms with E-state index in [1.165, 1.54) is 10.6 Å². The summed E-state index contributed by atoms with van der Waals surface area (Å²) in [6.45, 7) is 8.49. The number of nitriles is 1. The number of hydrogen-bond donors (Lipinski definition) is 0. The highest BCUT2D eigenvalue weighted by Gasteiger charge is 2.37. The van der Waals surface area contributed by atoms with Crippen molar-refractivity contribution in [2.24, 2.45) is 0 Å². The van der Waals surface area contributed by atoms with Crippen LogP contribution in [0.25, 0.3) is 28.0 Å². The molecule has 2 saturated carbocycles. The van der Waals surface area contributed by atoms with Crippen LogP contribution < -0.4 is 10.6 Å². The van der Waals surface area contributed by atoms with Crippen molar-refractivity contribution in [2.75, 3.05) is 24.5 Å². The number of anilines is 1. The van der Waals surface area contributed by atoms with Gasteiger partial charge in [-0.3, -0.25) is 0 Å². The molecule has 46 heavy (non-hydrogen) atoms. The lowest BCUT2D eigenvalue weighted by atomic mass is 10.0. The zero-order valence-electron chi connectivity index (χ0n) is 26.3. The van der Waals surface area contributed by atoms with Gasteiger partial charge in [-0.1, -0.05) is 12.1 Å². The summed E-state index contributed by atoms with van der Waals surface area (Å²) in [5, 5.41) is 10.7. The SMILES string of the molecule is C[C@H]1CN(C(=O)OC(C)(C)C)CCN1c1nc(=O)n(-c2c(C3CC3)ncnc2C2CC2)c2nc(-c3ccccc3F)c(C#N)cc12. The fourth-order valence-electron chi connectivity index (χ4n) is 6.21. The maximum Gasteiger partial charge on any atom is 0.410 e. The average Bonchev–Trinajstić information content (AvgIpc) is 3.94. The monoisotopic (exact) mass is 622 g/mol. The van der Waals surface area contributed by atoms with E-state index in [9.17, 15) is 14.9 Å². The first-order valence-electron chi connectivity index (χ1n) is 15.8. The van der Waals surface area contributed by atoms with Crippen LogP contribution in [0.4, 0.5) is 15.0 Å². The number of ether oxygens (including phenoxy) is 1. The van der Waals surface area contributed by atoms with Gasteiger partial charge in [-0.2, -0.15) is 10.2 Å². The van der Waals surface area contributed by atoms with Crippen molar-refractivity contribution in [1.29, 1.82) is 5.26 Å². The Balaban J connectivity index is 1.44. The van der Waals surface area contributed by atoms with E-state index >= 15 is 4.39 Å². The second-order valence-corrected chi connectivity index (χ2v) is 13.4. The zero-order valence-corrected chi connectivity index (χ0v) is 26.3. The van der Waals surface area contributed by atoms with E-state index in [0.29, 0.717) is 36.5 Å². The van der Waals surface area contributed by atoms with Crippen LogP contribution in [0.15, 0.2) is 41.5 Å². The lowest BCUT2D eigenvalue weighted by Crippen LogP contribution is -2.55. The Morgan fingerprint density at radius 1 is 1.04 bits per heavy atom. The Kier molecular flexibility index (Phi) is 7.22. The first-order chi connectivity index (χ1) is 22.0. The Hall–Kier alpha value is -4.92. The normalized spacial score (nSPS) is 18.5. The Bertz CT molecular complexity index is 1940. The van der Waals surface area contributed by atoms with E-state index < -0.39 is 23.2 Å². The summed E-state index contributed by atoms with van der Waals surface area (Å²) in [5.74, 6) is 0.223. The number of halogens is 1. The molecular weight excluding hydrogens is 587 g/mol. The van der Waals surface area contributed by atoms with Crippen LogP contribution in [-0.2, 0) is 4.74 Å². The molecule has 4 heterocycles. The van der Waals surface area contributed by atoms with Crippen LogP contribution in [0.2, 0.25) is 0 Å². The summed E-state index contributed by atoms with van der Waals surface area (Å²) in [4.78, 5) is 49.6. The molecule has 3 aromatic heterocycles. The average molecular weight is 623 g/mol. The van der Waals surface area contributed by atoms with Crippen molar-refractivity contribution in [3.8, 4) is 23.0 Å². The smallest absolute Gasteiger partial charge is 0.410 e. The molecule has 0 bridgehead atoms. The van der Waals surface area contributed by atoms with Crippen LogP contribution in [0, 0.1) is 17.1 Å². The Morgan fingerprint density at radius 2 is 1.72 bits per heavy atom. The second-order valence-electron chi connectivity index (χ2n) is 13.4. The molecule has 236 valence electrons. The summed E-state index contributed by atoms with van der Waals surface area (Å²) >= 11 is 0. The van der Waals surface area contributed by atoms with Gasteiger partial charge >= 0.3 is 11.8 Å². The lowest BCUT2D eigenvalue weighted by molar-refractivity contribution is 0.0218. The molecule has 3 fully saturated rings. The summed E-state index contributed by atoms with van der Waals surface area (Å²) in [6.07, 6.45) is 4.99. The minimum absolute atomic E-state index is 0.138. The number of piperazine rings is 1. The number of carbonyl (C=O) groups is 1. The van der Waals surface area contributed by atoms with Crippen LogP contribution in [0.1, 0.15) is 82.2 Å². The molecule has 1 aliphatic heterocycles. The molecule has 0 unspecified atom stereocenters. The molecule has 0 spiro atoms. The van der Waals surface area contributed by atoms with Crippen molar-refractivity contribution in [1.82, 2.24) is 29.4 Å². The third kappa shape index (κ3) is 5.44. The van der Waals surface area contributed by atoms with Crippen molar-refractivity contribution in [2.45, 2.75) is 76.9 Å². The molecule has 2 aliphatic carbocycles. The lowest BCUT2D eigenvalue weighted by Gasteiger charge is -2.41. The van der Waals surface area contributed by atoms with Gasteiger partial charge in [0.1, 0.15) is 29.6 Å². The zero-order chi connectivity index (χ0) is 32.3. The highest BCUT2D eigenvalue weighted by Crippen LogP contribution is 2.47. The van der Waals surface area contributed by atoms with E-state index in [1.807, 2.05) is 32.6 Å². The third-order valence-corrected chi connectivity index (χ3v) is 8.68. The molecule has 0 N–H and O–H groups in total. The Morgan fingerprint density at radius 3 is 2.30 bits per heavy atom. The number of hydrogen-bond acceptors (Lipinski definition) is 9. The van der Waals surface area contributed by atoms with E-state index in [-0.39, 0.29) is 40.3 Å². The molecule has 7 rings (SSSR count). The summed E-state index contributed by atoms with van der Waals surface area (Å²) in [6, 6.07) is 9.75. The van der Waals surface area contributed by atoms with Crippen molar-refractivity contribution < 1.29 is 13.9 Å². The quantitative estimate of drug-likeness (QED) is 0.285. The number of rotatable bonds is 5. The highest BCUT2D eigenvalue weighted by molar-refractivity contribution is 5.92. The maximum atomic E-state index is 15.2. The van der Waals surface area contributed by atoms with E-state index in [0.717, 1.165) is 37.1 Å². The van der Waals surface area contributed by atoms with Gasteiger partial charge in [0, 0.05) is 43.1 Å². The van der Waals surface area contributed by atoms with Crippen LogP contribution in [-0.4, -0.2) is 66.8 Å². The van der Waals surface area contributed by atoms with Crippen molar-refractivity contribution in [3.05, 3.63) is 69.9 Å². The molecule has 12 heteroatoms. The first-order valence-corrected chi connectivity index (χ1v) is 15.8. The predicted octanol–water partition coefficient (Wildman–Crippen LogP) is 5.45. The highest BCUT2D eigenvalue weighted by atomic mass is 19.1. The van der Waals surface area contributed by atoms with Gasteiger partial charge in [0.25, 0.3) is 0 Å². The predicted molar refractivity (Wildman–Crippen MR) is 169 cm³/mol. The molecule has 11 nitrogen and oxygen atoms in total. The number of amides is 1. The summed E-state index contributed by atoms with van der Waals surface area (Å²) < 4.78 is 22.3. The molecule has 4 aromatic rings. The molecular formula is C34H35FN8O3. The molecule has 1 saturated heterocycles. The van der Waals surface area contributed by atoms with Crippen molar-refractivity contribution in [3.63, 3.8) is 0 Å². The third-order valence-electron chi connectivity index (χ3n) is 8.68. The maximum absolute atomic E-state index is 15.2. The standard InChI is InChI=1S/C34H35FN8O3/c1-19-17-41(33(45)46-34(2,3)4)13-14-42(19)30-24-15-22(16-36)26(23-7-5-6-8-25(23)35)39-31(24)43(32(44)40-30)29-27(20-9-10-20)37-18-38-28(29)21-11-12-21/h5-8,15,18-21H,9-14,17H2,1-4H3/t19-/m0/s1. The number of carbonyl (C=O) groups excluding carboxylic acids is 1. The van der Waals surface area contributed by atoms with Gasteiger partial charge in [0.05, 0.1) is 33.7 Å². The minimum atomic E-state index is -0.630. The van der Waals surface area contributed by atoms with Gasteiger partial charge in [-0.15, -0.1) is 0 Å². The van der Waals surface area contributed by atoms with E-state index in [4.69, 9.17) is 9.72 Å². The number of fused-ring (bicyclic) bond motifs is 1.